The predicted molar refractivity (Wildman–Crippen MR) is 48.1 cm³/mol. The first kappa shape index (κ1) is 9.74. The van der Waals surface area contributed by atoms with E-state index >= 15 is 0 Å². The first-order valence-corrected chi connectivity index (χ1v) is 4.22. The van der Waals surface area contributed by atoms with Crippen LogP contribution in [-0.4, -0.2) is 0 Å². The fraction of sp³-hybridized carbons (Fsp3) is 0.800. The fourth-order valence-electron chi connectivity index (χ4n) is 1.15. The molecule has 0 radical (unpaired) electrons. The lowest BCUT2D eigenvalue weighted by Crippen LogP contribution is -2.06. The maximum atomic E-state index is 3.91. The van der Waals surface area contributed by atoms with Crippen LogP contribution in [0.4, 0.5) is 0 Å². The molecule has 0 saturated carbocycles. The molecule has 0 nitrogen and oxygen atoms in total. The van der Waals surface area contributed by atoms with Gasteiger partial charge in [0.2, 0.25) is 0 Å². The van der Waals surface area contributed by atoms with Crippen LogP contribution in [0.3, 0.4) is 0 Å². The van der Waals surface area contributed by atoms with Gasteiger partial charge in [0.25, 0.3) is 0 Å². The molecule has 0 aromatic heterocycles. The molecule has 0 N–H and O–H groups in total. The van der Waals surface area contributed by atoms with Crippen molar-refractivity contribution in [2.24, 2.45) is 11.8 Å². The molecule has 0 aliphatic heterocycles. The van der Waals surface area contributed by atoms with Gasteiger partial charge in [0.15, 0.2) is 0 Å². The summed E-state index contributed by atoms with van der Waals surface area (Å²) in [4.78, 5) is 0. The molecule has 2 atom stereocenters. The molecule has 0 spiro atoms. The lowest BCUT2D eigenvalue weighted by atomic mass is 9.89. The zero-order chi connectivity index (χ0) is 8.15. The Morgan fingerprint density at radius 2 is 1.80 bits per heavy atom. The second kappa shape index (κ2) is 4.54. The molecule has 0 bridgehead atoms. The van der Waals surface area contributed by atoms with Gasteiger partial charge in [0, 0.05) is 0 Å². The summed E-state index contributed by atoms with van der Waals surface area (Å²) in [6.07, 6.45) is 2.48. The SMILES string of the molecule is C=C(C)C[C@H](C)[C@@H](C)CC. The van der Waals surface area contributed by atoms with Crippen molar-refractivity contribution in [3.63, 3.8) is 0 Å². The van der Waals surface area contributed by atoms with E-state index in [2.05, 4.69) is 34.3 Å². The smallest absolute Gasteiger partial charge is 0.0297 e. The number of hydrogen-bond acceptors (Lipinski definition) is 0. The van der Waals surface area contributed by atoms with E-state index in [4.69, 9.17) is 0 Å². The molecular formula is C10H20. The van der Waals surface area contributed by atoms with E-state index < -0.39 is 0 Å². The van der Waals surface area contributed by atoms with E-state index in [9.17, 15) is 0 Å². The first-order chi connectivity index (χ1) is 4.57. The summed E-state index contributed by atoms with van der Waals surface area (Å²) in [6.45, 7) is 12.9. The summed E-state index contributed by atoms with van der Waals surface area (Å²) in [7, 11) is 0. The van der Waals surface area contributed by atoms with Crippen molar-refractivity contribution in [2.45, 2.75) is 40.5 Å². The zero-order valence-electron chi connectivity index (χ0n) is 7.78. The average molecular weight is 140 g/mol. The van der Waals surface area contributed by atoms with E-state index in [1.54, 1.807) is 0 Å². The summed E-state index contributed by atoms with van der Waals surface area (Å²) < 4.78 is 0. The van der Waals surface area contributed by atoms with Gasteiger partial charge in [0.05, 0.1) is 0 Å². The highest BCUT2D eigenvalue weighted by Crippen LogP contribution is 2.20. The Morgan fingerprint density at radius 1 is 1.30 bits per heavy atom. The maximum absolute atomic E-state index is 3.91. The summed E-state index contributed by atoms with van der Waals surface area (Å²) in [5, 5.41) is 0. The average Bonchev–Trinajstić information content (AvgIpc) is 1.85. The largest absolute Gasteiger partial charge is 0.100 e. The van der Waals surface area contributed by atoms with Crippen LogP contribution in [0.2, 0.25) is 0 Å². The molecule has 0 unspecified atom stereocenters. The highest BCUT2D eigenvalue weighted by molar-refractivity contribution is 4.90. The van der Waals surface area contributed by atoms with Crippen LogP contribution in [0.5, 0.6) is 0 Å². The monoisotopic (exact) mass is 140 g/mol. The number of allylic oxidation sites excluding steroid dienone is 1. The molecule has 60 valence electrons. The van der Waals surface area contributed by atoms with E-state index in [1.807, 2.05) is 0 Å². The zero-order valence-corrected chi connectivity index (χ0v) is 7.78. The van der Waals surface area contributed by atoms with Crippen molar-refractivity contribution < 1.29 is 0 Å². The Hall–Kier alpha value is -0.260. The Balaban J connectivity index is 3.61. The van der Waals surface area contributed by atoms with Gasteiger partial charge in [-0.1, -0.05) is 32.8 Å². The second-order valence-electron chi connectivity index (χ2n) is 3.52. The Kier molecular flexibility index (Phi) is 4.42. The van der Waals surface area contributed by atoms with Crippen LogP contribution in [0.15, 0.2) is 12.2 Å². The lowest BCUT2D eigenvalue weighted by Gasteiger charge is -2.17. The van der Waals surface area contributed by atoms with Crippen molar-refractivity contribution in [3.8, 4) is 0 Å². The van der Waals surface area contributed by atoms with Gasteiger partial charge in [-0.25, -0.2) is 0 Å². The molecule has 0 saturated heterocycles. The molecule has 0 rings (SSSR count). The summed E-state index contributed by atoms with van der Waals surface area (Å²) in [5.74, 6) is 1.65. The van der Waals surface area contributed by atoms with Crippen LogP contribution in [0, 0.1) is 11.8 Å². The molecule has 0 aliphatic carbocycles. The first-order valence-electron chi connectivity index (χ1n) is 4.22. The third-order valence-corrected chi connectivity index (χ3v) is 2.29. The quantitative estimate of drug-likeness (QED) is 0.523. The van der Waals surface area contributed by atoms with Gasteiger partial charge in [-0.2, -0.15) is 0 Å². The minimum atomic E-state index is 0.808. The standard InChI is InChI=1S/C10H20/c1-6-9(4)10(5)7-8(2)3/h9-10H,2,6-7H2,1,3-5H3/t9-,10-/m0/s1. The van der Waals surface area contributed by atoms with Gasteiger partial charge in [-0.15, -0.1) is 6.58 Å². The van der Waals surface area contributed by atoms with E-state index in [-0.39, 0.29) is 0 Å². The van der Waals surface area contributed by atoms with E-state index in [0.29, 0.717) is 0 Å². The third kappa shape index (κ3) is 3.71. The molecular weight excluding hydrogens is 120 g/mol. The molecule has 0 heteroatoms. The van der Waals surface area contributed by atoms with Gasteiger partial charge in [0.1, 0.15) is 0 Å². The van der Waals surface area contributed by atoms with Crippen molar-refractivity contribution in [1.82, 2.24) is 0 Å². The molecule has 0 amide bonds. The van der Waals surface area contributed by atoms with Crippen LogP contribution < -0.4 is 0 Å². The summed E-state index contributed by atoms with van der Waals surface area (Å²) in [5.41, 5.74) is 1.31. The molecule has 0 aliphatic rings. The lowest BCUT2D eigenvalue weighted by molar-refractivity contribution is 0.374. The topological polar surface area (TPSA) is 0 Å². The van der Waals surface area contributed by atoms with Gasteiger partial charge in [-0.05, 0) is 25.2 Å². The van der Waals surface area contributed by atoms with Crippen molar-refractivity contribution >= 4 is 0 Å². The molecule has 0 fully saturated rings. The van der Waals surface area contributed by atoms with Crippen molar-refractivity contribution in [1.29, 1.82) is 0 Å². The van der Waals surface area contributed by atoms with E-state index in [1.165, 1.54) is 18.4 Å². The maximum Gasteiger partial charge on any atom is -0.0297 e. The molecule has 0 heterocycles. The van der Waals surface area contributed by atoms with Gasteiger partial charge < -0.3 is 0 Å². The second-order valence-corrected chi connectivity index (χ2v) is 3.52. The third-order valence-electron chi connectivity index (χ3n) is 2.29. The number of hydrogen-bond donors (Lipinski definition) is 0. The highest BCUT2D eigenvalue weighted by atomic mass is 14.1. The highest BCUT2D eigenvalue weighted by Gasteiger charge is 2.08. The van der Waals surface area contributed by atoms with Crippen LogP contribution in [0.1, 0.15) is 40.5 Å². The van der Waals surface area contributed by atoms with Crippen molar-refractivity contribution in [2.75, 3.05) is 0 Å². The Morgan fingerprint density at radius 3 is 2.10 bits per heavy atom. The summed E-state index contributed by atoms with van der Waals surface area (Å²) >= 11 is 0. The van der Waals surface area contributed by atoms with Gasteiger partial charge >= 0.3 is 0 Å². The Bertz CT molecular complexity index is 103. The number of rotatable bonds is 4. The van der Waals surface area contributed by atoms with E-state index in [0.717, 1.165) is 11.8 Å². The fourth-order valence-corrected chi connectivity index (χ4v) is 1.15. The predicted octanol–water partition coefficient (Wildman–Crippen LogP) is 3.63. The normalized spacial score (nSPS) is 16.4. The van der Waals surface area contributed by atoms with Crippen molar-refractivity contribution in [3.05, 3.63) is 12.2 Å². The van der Waals surface area contributed by atoms with Crippen LogP contribution in [0.25, 0.3) is 0 Å². The molecule has 0 aromatic carbocycles. The van der Waals surface area contributed by atoms with Gasteiger partial charge in [-0.3, -0.25) is 0 Å². The summed E-state index contributed by atoms with van der Waals surface area (Å²) in [6, 6.07) is 0. The van der Waals surface area contributed by atoms with Crippen LogP contribution >= 0.6 is 0 Å². The molecule has 10 heavy (non-hydrogen) atoms. The van der Waals surface area contributed by atoms with Crippen LogP contribution in [-0.2, 0) is 0 Å². The minimum Gasteiger partial charge on any atom is -0.100 e. The Labute approximate surface area is 65.3 Å². The minimum absolute atomic E-state index is 0.808. The molecule has 0 aromatic rings.